The van der Waals surface area contributed by atoms with Gasteiger partial charge in [-0.3, -0.25) is 0 Å². The number of likely N-dealkylation sites (N-methyl/N-ethyl adjacent to an activating group) is 1. The van der Waals surface area contributed by atoms with Crippen molar-refractivity contribution in [2.45, 2.75) is 32.1 Å². The van der Waals surface area contributed by atoms with Gasteiger partial charge in [-0.25, -0.2) is 0 Å². The summed E-state index contributed by atoms with van der Waals surface area (Å²) >= 11 is 0. The Kier molecular flexibility index (Phi) is 3.08. The van der Waals surface area contributed by atoms with Gasteiger partial charge in [-0.1, -0.05) is 31.2 Å². The molecule has 1 aliphatic rings. The minimum Gasteiger partial charge on any atom is -0.372 e. The van der Waals surface area contributed by atoms with Crippen molar-refractivity contribution in [2.75, 3.05) is 14.1 Å². The van der Waals surface area contributed by atoms with Gasteiger partial charge in [-0.2, -0.15) is 0 Å². The molecule has 0 saturated carbocycles. The largest absolute Gasteiger partial charge is 0.372 e. The summed E-state index contributed by atoms with van der Waals surface area (Å²) in [7, 11) is 4.25. The summed E-state index contributed by atoms with van der Waals surface area (Å²) in [6, 6.07) is 9.00. The van der Waals surface area contributed by atoms with Crippen LogP contribution in [0.5, 0.6) is 0 Å². The van der Waals surface area contributed by atoms with E-state index >= 15 is 0 Å². The summed E-state index contributed by atoms with van der Waals surface area (Å²) in [5.41, 5.74) is 2.77. The number of rotatable bonds is 2. The molecule has 1 unspecified atom stereocenters. The van der Waals surface area contributed by atoms with Gasteiger partial charge in [0.05, 0.1) is 18.8 Å². The Hall–Kier alpha value is -0.860. The van der Waals surface area contributed by atoms with Crippen molar-refractivity contribution in [3.05, 3.63) is 35.4 Å². The van der Waals surface area contributed by atoms with Crippen LogP contribution < -0.4 is 0 Å². The van der Waals surface area contributed by atoms with E-state index in [0.29, 0.717) is 12.1 Å². The molecule has 0 fully saturated rings. The van der Waals surface area contributed by atoms with Crippen LogP contribution in [0.25, 0.3) is 0 Å². The van der Waals surface area contributed by atoms with Crippen LogP contribution in [0.4, 0.5) is 0 Å². The van der Waals surface area contributed by atoms with Gasteiger partial charge >= 0.3 is 0 Å². The average molecular weight is 205 g/mol. The van der Waals surface area contributed by atoms with Gasteiger partial charge < -0.3 is 9.64 Å². The van der Waals surface area contributed by atoms with Gasteiger partial charge in [0, 0.05) is 0 Å². The molecule has 0 amide bonds. The first kappa shape index (κ1) is 10.7. The molecule has 0 radical (unpaired) electrons. The molecule has 0 N–H and O–H groups in total. The van der Waals surface area contributed by atoms with Crippen LogP contribution in [-0.2, 0) is 11.3 Å². The van der Waals surface area contributed by atoms with Crippen LogP contribution >= 0.6 is 0 Å². The molecule has 2 heteroatoms. The summed E-state index contributed by atoms with van der Waals surface area (Å²) in [6.07, 6.45) is 1.40. The second kappa shape index (κ2) is 4.33. The predicted octanol–water partition coefficient (Wildman–Crippen LogP) is 2.60. The predicted molar refractivity (Wildman–Crippen MR) is 61.7 cm³/mol. The Balaban J connectivity index is 2.38. The number of fused-ring (bicyclic) bond motifs is 1. The summed E-state index contributed by atoms with van der Waals surface area (Å²) in [5, 5.41) is 0. The standard InChI is InChI=1S/C13H19NO/c1-4-12-13(14(2)3)11-8-6-5-7-10(11)9-15-12/h5-8,12-13H,4,9H2,1-3H3/t12-,13?/m1/s1. The van der Waals surface area contributed by atoms with E-state index in [1.807, 2.05) is 0 Å². The van der Waals surface area contributed by atoms with Gasteiger partial charge in [0.2, 0.25) is 0 Å². The zero-order valence-corrected chi connectivity index (χ0v) is 9.73. The quantitative estimate of drug-likeness (QED) is 0.736. The first-order chi connectivity index (χ1) is 7.24. The van der Waals surface area contributed by atoms with Crippen molar-refractivity contribution in [2.24, 2.45) is 0 Å². The van der Waals surface area contributed by atoms with Crippen LogP contribution in [-0.4, -0.2) is 25.1 Å². The fourth-order valence-electron chi connectivity index (χ4n) is 2.39. The number of hydrogen-bond acceptors (Lipinski definition) is 2. The lowest BCUT2D eigenvalue weighted by Crippen LogP contribution is -2.36. The third kappa shape index (κ3) is 1.92. The molecule has 15 heavy (non-hydrogen) atoms. The lowest BCUT2D eigenvalue weighted by molar-refractivity contribution is -0.0300. The first-order valence-corrected chi connectivity index (χ1v) is 5.60. The van der Waals surface area contributed by atoms with Crippen molar-refractivity contribution in [1.29, 1.82) is 0 Å². The molecule has 1 aromatic carbocycles. The van der Waals surface area contributed by atoms with Crippen LogP contribution in [0.3, 0.4) is 0 Å². The molecular formula is C13H19NO. The maximum Gasteiger partial charge on any atom is 0.0773 e. The molecule has 2 atom stereocenters. The van der Waals surface area contributed by atoms with E-state index in [2.05, 4.69) is 50.2 Å². The summed E-state index contributed by atoms with van der Waals surface area (Å²) in [6.45, 7) is 2.95. The first-order valence-electron chi connectivity index (χ1n) is 5.60. The minimum absolute atomic E-state index is 0.329. The van der Waals surface area contributed by atoms with Crippen LogP contribution in [0.1, 0.15) is 30.5 Å². The molecule has 1 heterocycles. The Morgan fingerprint density at radius 2 is 2.07 bits per heavy atom. The molecular weight excluding hydrogens is 186 g/mol. The van der Waals surface area contributed by atoms with Crippen LogP contribution in [0.15, 0.2) is 24.3 Å². The zero-order valence-electron chi connectivity index (χ0n) is 9.73. The van der Waals surface area contributed by atoms with Crippen molar-refractivity contribution in [3.8, 4) is 0 Å². The van der Waals surface area contributed by atoms with Crippen LogP contribution in [0.2, 0.25) is 0 Å². The van der Waals surface area contributed by atoms with E-state index in [4.69, 9.17) is 4.74 Å². The van der Waals surface area contributed by atoms with Crippen molar-refractivity contribution < 1.29 is 4.74 Å². The Bertz CT molecular complexity index is 335. The van der Waals surface area contributed by atoms with Crippen LogP contribution in [0, 0.1) is 0 Å². The summed E-state index contributed by atoms with van der Waals surface area (Å²) in [5.74, 6) is 0. The molecule has 0 spiro atoms. The molecule has 1 aromatic rings. The third-order valence-electron chi connectivity index (χ3n) is 3.14. The average Bonchev–Trinajstić information content (AvgIpc) is 2.27. The van der Waals surface area contributed by atoms with E-state index in [1.165, 1.54) is 11.1 Å². The molecule has 2 nitrogen and oxygen atoms in total. The number of ether oxygens (including phenoxy) is 1. The molecule has 0 bridgehead atoms. The highest BCUT2D eigenvalue weighted by molar-refractivity contribution is 5.32. The number of nitrogens with zero attached hydrogens (tertiary/aromatic N) is 1. The fourth-order valence-corrected chi connectivity index (χ4v) is 2.39. The lowest BCUT2D eigenvalue weighted by atomic mass is 9.92. The molecule has 82 valence electrons. The van der Waals surface area contributed by atoms with Gasteiger partial charge in [-0.05, 0) is 31.6 Å². The third-order valence-corrected chi connectivity index (χ3v) is 3.14. The highest BCUT2D eigenvalue weighted by Gasteiger charge is 2.30. The maximum atomic E-state index is 5.89. The number of hydrogen-bond donors (Lipinski definition) is 0. The van der Waals surface area contributed by atoms with E-state index in [1.54, 1.807) is 0 Å². The highest BCUT2D eigenvalue weighted by atomic mass is 16.5. The van der Waals surface area contributed by atoms with E-state index in [-0.39, 0.29) is 0 Å². The molecule has 2 rings (SSSR count). The zero-order chi connectivity index (χ0) is 10.8. The Morgan fingerprint density at radius 3 is 2.73 bits per heavy atom. The second-order valence-electron chi connectivity index (χ2n) is 4.36. The Labute approximate surface area is 91.9 Å². The summed E-state index contributed by atoms with van der Waals surface area (Å²) in [4.78, 5) is 2.26. The molecule has 1 aliphatic heterocycles. The highest BCUT2D eigenvalue weighted by Crippen LogP contribution is 2.33. The molecule has 0 aliphatic carbocycles. The van der Waals surface area contributed by atoms with Gasteiger partial charge in [0.15, 0.2) is 0 Å². The van der Waals surface area contributed by atoms with E-state index in [9.17, 15) is 0 Å². The fraction of sp³-hybridized carbons (Fsp3) is 0.538. The van der Waals surface area contributed by atoms with Gasteiger partial charge in [0.25, 0.3) is 0 Å². The van der Waals surface area contributed by atoms with E-state index < -0.39 is 0 Å². The number of benzene rings is 1. The van der Waals surface area contributed by atoms with Gasteiger partial charge in [0.1, 0.15) is 0 Å². The van der Waals surface area contributed by atoms with E-state index in [0.717, 1.165) is 13.0 Å². The van der Waals surface area contributed by atoms with Crippen molar-refractivity contribution >= 4 is 0 Å². The monoisotopic (exact) mass is 205 g/mol. The SMILES string of the molecule is CC[C@H]1OCc2ccccc2C1N(C)C. The normalized spacial score (nSPS) is 25.3. The topological polar surface area (TPSA) is 12.5 Å². The molecule has 0 aromatic heterocycles. The summed E-state index contributed by atoms with van der Waals surface area (Å²) < 4.78 is 5.89. The van der Waals surface area contributed by atoms with Crippen molar-refractivity contribution in [1.82, 2.24) is 4.90 Å². The lowest BCUT2D eigenvalue weighted by Gasteiger charge is -2.37. The second-order valence-corrected chi connectivity index (χ2v) is 4.36. The van der Waals surface area contributed by atoms with Gasteiger partial charge in [-0.15, -0.1) is 0 Å². The van der Waals surface area contributed by atoms with Crippen molar-refractivity contribution in [3.63, 3.8) is 0 Å². The smallest absolute Gasteiger partial charge is 0.0773 e. The maximum absolute atomic E-state index is 5.89. The Morgan fingerprint density at radius 1 is 1.33 bits per heavy atom. The minimum atomic E-state index is 0.329. The molecule has 0 saturated heterocycles.